The molecule has 1 aliphatic rings. The lowest BCUT2D eigenvalue weighted by atomic mass is 9.87. The molecule has 18 heavy (non-hydrogen) atoms. The Labute approximate surface area is 109 Å². The summed E-state index contributed by atoms with van der Waals surface area (Å²) in [6.07, 6.45) is 4.22. The highest BCUT2D eigenvalue weighted by molar-refractivity contribution is 5.43. The summed E-state index contributed by atoms with van der Waals surface area (Å²) in [6, 6.07) is 6.80. The first-order chi connectivity index (χ1) is 8.86. The molecule has 0 saturated carbocycles. The number of hydrogen-bond donors (Lipinski definition) is 2. The molecule has 0 bridgehead atoms. The van der Waals surface area contributed by atoms with Crippen LogP contribution in [-0.4, -0.2) is 24.9 Å². The molecule has 0 amide bonds. The molecule has 2 rings (SSSR count). The van der Waals surface area contributed by atoms with Crippen LogP contribution in [0.25, 0.3) is 0 Å². The van der Waals surface area contributed by atoms with Crippen molar-refractivity contribution < 1.29 is 9.84 Å². The molecule has 0 saturated heterocycles. The van der Waals surface area contributed by atoms with Crippen molar-refractivity contribution in [3.05, 3.63) is 29.3 Å². The number of ether oxygens (including phenoxy) is 1. The van der Waals surface area contributed by atoms with Crippen LogP contribution in [0.4, 0.5) is 0 Å². The number of rotatable bonds is 6. The zero-order chi connectivity index (χ0) is 12.8. The summed E-state index contributed by atoms with van der Waals surface area (Å²) in [4.78, 5) is 0. The smallest absolute Gasteiger partial charge is 0.122 e. The first-order valence-corrected chi connectivity index (χ1v) is 6.95. The van der Waals surface area contributed by atoms with Crippen LogP contribution in [-0.2, 0) is 6.42 Å². The average Bonchev–Trinajstić information content (AvgIpc) is 2.40. The predicted molar refractivity (Wildman–Crippen MR) is 73.0 cm³/mol. The van der Waals surface area contributed by atoms with Gasteiger partial charge in [-0.1, -0.05) is 19.1 Å². The summed E-state index contributed by atoms with van der Waals surface area (Å²) >= 11 is 0. The van der Waals surface area contributed by atoms with Crippen molar-refractivity contribution in [2.24, 2.45) is 0 Å². The largest absolute Gasteiger partial charge is 0.493 e. The van der Waals surface area contributed by atoms with Gasteiger partial charge in [-0.3, -0.25) is 0 Å². The summed E-state index contributed by atoms with van der Waals surface area (Å²) in [5, 5.41) is 12.3. The van der Waals surface area contributed by atoms with E-state index in [1.54, 1.807) is 0 Å². The van der Waals surface area contributed by atoms with Gasteiger partial charge in [0.05, 0.1) is 6.61 Å². The molecular weight excluding hydrogens is 226 g/mol. The monoisotopic (exact) mass is 249 g/mol. The minimum absolute atomic E-state index is 0.190. The predicted octanol–water partition coefficient (Wildman–Crippen LogP) is 2.43. The molecule has 1 aromatic carbocycles. The van der Waals surface area contributed by atoms with E-state index in [4.69, 9.17) is 9.84 Å². The standard InChI is InChI=1S/C15H23NO2/c1-2-16-14-8-3-7-13-12(14)6-4-9-15(13)18-11-5-10-17/h4,6,9,14,16-17H,2-3,5,7-8,10-11H2,1H3. The lowest BCUT2D eigenvalue weighted by molar-refractivity contribution is 0.232. The molecule has 0 aromatic heterocycles. The minimum Gasteiger partial charge on any atom is -0.493 e. The first kappa shape index (κ1) is 13.4. The van der Waals surface area contributed by atoms with Crippen LogP contribution in [0.3, 0.4) is 0 Å². The SMILES string of the molecule is CCNC1CCCc2c(OCCCO)cccc21. The third-order valence-electron chi connectivity index (χ3n) is 3.47. The second kappa shape index (κ2) is 6.76. The Morgan fingerprint density at radius 1 is 1.44 bits per heavy atom. The van der Waals surface area contributed by atoms with Crippen molar-refractivity contribution in [2.45, 2.75) is 38.6 Å². The Kier molecular flexibility index (Phi) is 5.02. The van der Waals surface area contributed by atoms with E-state index < -0.39 is 0 Å². The molecule has 0 aliphatic heterocycles. The number of aliphatic hydroxyl groups excluding tert-OH is 1. The molecule has 3 nitrogen and oxygen atoms in total. The van der Waals surface area contributed by atoms with Gasteiger partial charge in [0.1, 0.15) is 5.75 Å². The van der Waals surface area contributed by atoms with Gasteiger partial charge in [-0.25, -0.2) is 0 Å². The maximum absolute atomic E-state index is 8.80. The Balaban J connectivity index is 2.15. The molecule has 0 heterocycles. The van der Waals surface area contributed by atoms with Crippen LogP contribution in [0.2, 0.25) is 0 Å². The van der Waals surface area contributed by atoms with Crippen molar-refractivity contribution in [3.8, 4) is 5.75 Å². The van der Waals surface area contributed by atoms with Crippen LogP contribution in [0.1, 0.15) is 43.4 Å². The average molecular weight is 249 g/mol. The van der Waals surface area contributed by atoms with Gasteiger partial charge in [0.15, 0.2) is 0 Å². The van der Waals surface area contributed by atoms with E-state index in [2.05, 4.69) is 24.4 Å². The van der Waals surface area contributed by atoms with Gasteiger partial charge < -0.3 is 15.2 Å². The quantitative estimate of drug-likeness (QED) is 0.761. The van der Waals surface area contributed by atoms with Gasteiger partial charge in [-0.05, 0) is 43.0 Å². The Morgan fingerprint density at radius 2 is 2.33 bits per heavy atom. The Morgan fingerprint density at radius 3 is 3.11 bits per heavy atom. The molecule has 0 spiro atoms. The van der Waals surface area contributed by atoms with Gasteiger partial charge in [0, 0.05) is 19.1 Å². The van der Waals surface area contributed by atoms with E-state index in [1.807, 2.05) is 6.07 Å². The zero-order valence-electron chi connectivity index (χ0n) is 11.1. The highest BCUT2D eigenvalue weighted by atomic mass is 16.5. The minimum atomic E-state index is 0.190. The van der Waals surface area contributed by atoms with Crippen LogP contribution < -0.4 is 10.1 Å². The van der Waals surface area contributed by atoms with E-state index in [9.17, 15) is 0 Å². The third kappa shape index (κ3) is 3.03. The highest BCUT2D eigenvalue weighted by Crippen LogP contribution is 2.35. The second-order valence-electron chi connectivity index (χ2n) is 4.75. The molecule has 1 aromatic rings. The number of hydrogen-bond acceptors (Lipinski definition) is 3. The van der Waals surface area contributed by atoms with E-state index >= 15 is 0 Å². The fourth-order valence-corrected chi connectivity index (χ4v) is 2.66. The fourth-order valence-electron chi connectivity index (χ4n) is 2.66. The number of benzene rings is 1. The number of fused-ring (bicyclic) bond motifs is 1. The summed E-state index contributed by atoms with van der Waals surface area (Å²) in [7, 11) is 0. The zero-order valence-corrected chi connectivity index (χ0v) is 11.1. The lowest BCUT2D eigenvalue weighted by Gasteiger charge is -2.27. The summed E-state index contributed by atoms with van der Waals surface area (Å²) in [5.74, 6) is 1.00. The summed E-state index contributed by atoms with van der Waals surface area (Å²) in [5.41, 5.74) is 2.75. The van der Waals surface area contributed by atoms with E-state index in [1.165, 1.54) is 24.0 Å². The lowest BCUT2D eigenvalue weighted by Crippen LogP contribution is -2.25. The van der Waals surface area contributed by atoms with Gasteiger partial charge in [0.2, 0.25) is 0 Å². The van der Waals surface area contributed by atoms with Gasteiger partial charge in [-0.15, -0.1) is 0 Å². The maximum Gasteiger partial charge on any atom is 0.122 e. The maximum atomic E-state index is 8.80. The van der Waals surface area contributed by atoms with Crippen LogP contribution in [0.5, 0.6) is 5.75 Å². The molecule has 0 radical (unpaired) electrons. The van der Waals surface area contributed by atoms with Crippen LogP contribution in [0.15, 0.2) is 18.2 Å². The van der Waals surface area contributed by atoms with E-state index in [0.29, 0.717) is 19.1 Å². The van der Waals surface area contributed by atoms with Crippen molar-refractivity contribution in [1.82, 2.24) is 5.32 Å². The van der Waals surface area contributed by atoms with E-state index in [0.717, 1.165) is 18.7 Å². The molecule has 3 heteroatoms. The molecule has 2 N–H and O–H groups in total. The third-order valence-corrected chi connectivity index (χ3v) is 3.47. The van der Waals surface area contributed by atoms with Crippen molar-refractivity contribution in [1.29, 1.82) is 0 Å². The number of aliphatic hydroxyl groups is 1. The van der Waals surface area contributed by atoms with Crippen molar-refractivity contribution in [2.75, 3.05) is 19.8 Å². The van der Waals surface area contributed by atoms with Crippen LogP contribution in [0, 0.1) is 0 Å². The normalized spacial score (nSPS) is 18.4. The molecule has 0 fully saturated rings. The number of nitrogens with one attached hydrogen (secondary N) is 1. The molecule has 100 valence electrons. The molecule has 1 unspecified atom stereocenters. The topological polar surface area (TPSA) is 41.5 Å². The first-order valence-electron chi connectivity index (χ1n) is 6.95. The van der Waals surface area contributed by atoms with Crippen molar-refractivity contribution in [3.63, 3.8) is 0 Å². The van der Waals surface area contributed by atoms with Crippen molar-refractivity contribution >= 4 is 0 Å². The molecule has 1 aliphatic carbocycles. The molecular formula is C15H23NO2. The van der Waals surface area contributed by atoms with Gasteiger partial charge in [-0.2, -0.15) is 0 Å². The molecule has 1 atom stereocenters. The van der Waals surface area contributed by atoms with Crippen LogP contribution >= 0.6 is 0 Å². The Hall–Kier alpha value is -1.06. The second-order valence-corrected chi connectivity index (χ2v) is 4.75. The van der Waals surface area contributed by atoms with Gasteiger partial charge in [0.25, 0.3) is 0 Å². The Bertz CT molecular complexity index is 379. The highest BCUT2D eigenvalue weighted by Gasteiger charge is 2.21. The van der Waals surface area contributed by atoms with Gasteiger partial charge >= 0.3 is 0 Å². The summed E-state index contributed by atoms with van der Waals surface area (Å²) in [6.45, 7) is 3.93. The van der Waals surface area contributed by atoms with E-state index in [-0.39, 0.29) is 6.61 Å². The fraction of sp³-hybridized carbons (Fsp3) is 0.600. The summed E-state index contributed by atoms with van der Waals surface area (Å²) < 4.78 is 5.78.